The molecule has 0 rings (SSSR count). The van der Waals surface area contributed by atoms with E-state index in [0.717, 1.165) is 0 Å². The van der Waals surface area contributed by atoms with Gasteiger partial charge in [0.05, 0.1) is 0 Å². The Kier molecular flexibility index (Phi) is 6.50. The summed E-state index contributed by atoms with van der Waals surface area (Å²) in [7, 11) is 0. The Morgan fingerprint density at radius 3 is 2.24 bits per heavy atom. The molecule has 0 aromatic heterocycles. The first-order valence-electron chi connectivity index (χ1n) is 5.60. The van der Waals surface area contributed by atoms with Crippen molar-refractivity contribution in [3.8, 4) is 0 Å². The van der Waals surface area contributed by atoms with E-state index in [-0.39, 0.29) is 24.8 Å². The minimum atomic E-state index is -0.412. The third-order valence-corrected chi connectivity index (χ3v) is 2.19. The van der Waals surface area contributed by atoms with Crippen molar-refractivity contribution in [3.05, 3.63) is 12.2 Å². The molecule has 2 amide bonds. The molecular weight excluding hydrogens is 220 g/mol. The second-order valence-corrected chi connectivity index (χ2v) is 4.89. The number of carbonyl (C=O) groups is 2. The lowest BCUT2D eigenvalue weighted by Crippen LogP contribution is -2.37. The van der Waals surface area contributed by atoms with E-state index < -0.39 is 5.41 Å². The van der Waals surface area contributed by atoms with Crippen LogP contribution in [0, 0.1) is 5.41 Å². The largest absolute Gasteiger partial charge is 0.396 e. The predicted octanol–water partition coefficient (Wildman–Crippen LogP) is 0.203. The minimum absolute atomic E-state index is 0.0349. The van der Waals surface area contributed by atoms with Gasteiger partial charge in [-0.05, 0) is 12.3 Å². The third-order valence-electron chi connectivity index (χ3n) is 2.19. The average Bonchev–Trinajstić information content (AvgIpc) is 2.23. The number of carbonyl (C=O) groups excluding carboxylic acids is 2. The zero-order chi connectivity index (χ0) is 13.5. The second-order valence-electron chi connectivity index (χ2n) is 4.89. The molecule has 3 N–H and O–H groups in total. The Labute approximate surface area is 102 Å². The number of aliphatic hydroxyl groups is 1. The lowest BCUT2D eigenvalue weighted by atomic mass is 9.90. The molecule has 0 aliphatic carbocycles. The molecule has 0 heterocycles. The number of nitrogens with one attached hydrogen (secondary N) is 2. The summed E-state index contributed by atoms with van der Waals surface area (Å²) in [6.45, 7) is 9.47. The van der Waals surface area contributed by atoms with Crippen LogP contribution in [0.1, 0.15) is 27.2 Å². The Morgan fingerprint density at radius 1 is 1.24 bits per heavy atom. The molecule has 0 aliphatic rings. The molecule has 0 aliphatic heterocycles. The summed E-state index contributed by atoms with van der Waals surface area (Å²) in [6, 6.07) is 0. The van der Waals surface area contributed by atoms with Crippen LogP contribution in [-0.2, 0) is 9.59 Å². The van der Waals surface area contributed by atoms with Crippen molar-refractivity contribution in [1.82, 2.24) is 10.6 Å². The van der Waals surface area contributed by atoms with Gasteiger partial charge in [-0.1, -0.05) is 20.4 Å². The van der Waals surface area contributed by atoms with E-state index in [1.54, 1.807) is 6.92 Å². The fourth-order valence-corrected chi connectivity index (χ4v) is 1.08. The molecule has 0 spiro atoms. The predicted molar refractivity (Wildman–Crippen MR) is 66.3 cm³/mol. The molecule has 17 heavy (non-hydrogen) atoms. The Hall–Kier alpha value is -1.36. The standard InChI is InChI=1S/C12H22N2O3/c1-9(2)11(17)14-6-5-13-10(16)7-12(3,4)8-15/h15H,1,5-8H2,2-4H3,(H,13,16)(H,14,17). The maximum Gasteiger partial charge on any atom is 0.246 e. The molecule has 5 heteroatoms. The van der Waals surface area contributed by atoms with Gasteiger partial charge in [0.25, 0.3) is 0 Å². The quantitative estimate of drug-likeness (QED) is 0.441. The lowest BCUT2D eigenvalue weighted by Gasteiger charge is -2.20. The Balaban J connectivity index is 3.73. The van der Waals surface area contributed by atoms with E-state index >= 15 is 0 Å². The fourth-order valence-electron chi connectivity index (χ4n) is 1.08. The molecule has 0 aromatic rings. The van der Waals surface area contributed by atoms with Crippen molar-refractivity contribution >= 4 is 11.8 Å². The van der Waals surface area contributed by atoms with E-state index in [1.807, 2.05) is 13.8 Å². The molecule has 0 saturated carbocycles. The maximum absolute atomic E-state index is 11.4. The molecule has 0 aromatic carbocycles. The van der Waals surface area contributed by atoms with Crippen LogP contribution in [-0.4, -0.2) is 36.6 Å². The summed E-state index contributed by atoms with van der Waals surface area (Å²) >= 11 is 0. The SMILES string of the molecule is C=C(C)C(=O)NCCNC(=O)CC(C)(C)CO. The number of rotatable bonds is 7. The van der Waals surface area contributed by atoms with E-state index in [2.05, 4.69) is 17.2 Å². The topological polar surface area (TPSA) is 78.4 Å². The van der Waals surface area contributed by atoms with Crippen molar-refractivity contribution in [3.63, 3.8) is 0 Å². The van der Waals surface area contributed by atoms with Gasteiger partial charge in [-0.2, -0.15) is 0 Å². The second kappa shape index (κ2) is 7.06. The van der Waals surface area contributed by atoms with Gasteiger partial charge in [0.2, 0.25) is 11.8 Å². The highest BCUT2D eigenvalue weighted by Crippen LogP contribution is 2.18. The van der Waals surface area contributed by atoms with Gasteiger partial charge in [-0.3, -0.25) is 9.59 Å². The highest BCUT2D eigenvalue weighted by Gasteiger charge is 2.20. The van der Waals surface area contributed by atoms with E-state index in [4.69, 9.17) is 5.11 Å². The van der Waals surface area contributed by atoms with E-state index in [9.17, 15) is 9.59 Å². The molecule has 98 valence electrons. The lowest BCUT2D eigenvalue weighted by molar-refractivity contribution is -0.124. The van der Waals surface area contributed by atoms with Gasteiger partial charge in [0.15, 0.2) is 0 Å². The summed E-state index contributed by atoms with van der Waals surface area (Å²) in [4.78, 5) is 22.5. The zero-order valence-corrected chi connectivity index (χ0v) is 10.8. The van der Waals surface area contributed by atoms with Crippen LogP contribution in [0.3, 0.4) is 0 Å². The fraction of sp³-hybridized carbons (Fsp3) is 0.667. The normalized spacial score (nSPS) is 10.8. The molecule has 0 bridgehead atoms. The summed E-state index contributed by atoms with van der Waals surface area (Å²) < 4.78 is 0. The van der Waals surface area contributed by atoms with Gasteiger partial charge in [0, 0.05) is 31.7 Å². The van der Waals surface area contributed by atoms with Crippen LogP contribution in [0.4, 0.5) is 0 Å². The van der Waals surface area contributed by atoms with Gasteiger partial charge < -0.3 is 15.7 Å². The maximum atomic E-state index is 11.4. The highest BCUT2D eigenvalue weighted by molar-refractivity contribution is 5.92. The van der Waals surface area contributed by atoms with Crippen LogP contribution in [0.15, 0.2) is 12.2 Å². The molecule has 0 saturated heterocycles. The molecular formula is C12H22N2O3. The van der Waals surface area contributed by atoms with Gasteiger partial charge in [-0.15, -0.1) is 0 Å². The van der Waals surface area contributed by atoms with Crippen LogP contribution in [0.25, 0.3) is 0 Å². The monoisotopic (exact) mass is 242 g/mol. The Bertz CT molecular complexity index is 298. The zero-order valence-electron chi connectivity index (χ0n) is 10.8. The van der Waals surface area contributed by atoms with Crippen molar-refractivity contribution < 1.29 is 14.7 Å². The van der Waals surface area contributed by atoms with Crippen LogP contribution >= 0.6 is 0 Å². The molecule has 0 atom stereocenters. The van der Waals surface area contributed by atoms with Crippen molar-refractivity contribution in [2.24, 2.45) is 5.41 Å². The molecule has 0 unspecified atom stereocenters. The first-order chi connectivity index (χ1) is 7.78. The van der Waals surface area contributed by atoms with Gasteiger partial charge in [0.1, 0.15) is 0 Å². The first kappa shape index (κ1) is 15.6. The van der Waals surface area contributed by atoms with Crippen molar-refractivity contribution in [1.29, 1.82) is 0 Å². The number of aliphatic hydroxyl groups excluding tert-OH is 1. The highest BCUT2D eigenvalue weighted by atomic mass is 16.3. The van der Waals surface area contributed by atoms with E-state index in [1.165, 1.54) is 0 Å². The van der Waals surface area contributed by atoms with Crippen LogP contribution < -0.4 is 10.6 Å². The summed E-state index contributed by atoms with van der Waals surface area (Å²) in [5.41, 5.74) is 0.0307. The first-order valence-corrected chi connectivity index (χ1v) is 5.60. The van der Waals surface area contributed by atoms with Crippen LogP contribution in [0.5, 0.6) is 0 Å². The molecule has 0 fully saturated rings. The van der Waals surface area contributed by atoms with Crippen LogP contribution in [0.2, 0.25) is 0 Å². The third kappa shape index (κ3) is 7.52. The summed E-state index contributed by atoms with van der Waals surface area (Å²) in [5.74, 6) is -0.344. The Morgan fingerprint density at radius 2 is 1.76 bits per heavy atom. The number of hydrogen-bond donors (Lipinski definition) is 3. The smallest absolute Gasteiger partial charge is 0.246 e. The average molecular weight is 242 g/mol. The summed E-state index contributed by atoms with van der Waals surface area (Å²) in [6.07, 6.45) is 0.262. The van der Waals surface area contributed by atoms with Gasteiger partial charge in [-0.25, -0.2) is 0 Å². The van der Waals surface area contributed by atoms with Crippen molar-refractivity contribution in [2.45, 2.75) is 27.2 Å². The summed E-state index contributed by atoms with van der Waals surface area (Å²) in [5, 5.41) is 14.3. The molecule has 0 radical (unpaired) electrons. The number of amides is 2. The van der Waals surface area contributed by atoms with Crippen molar-refractivity contribution in [2.75, 3.05) is 19.7 Å². The van der Waals surface area contributed by atoms with Gasteiger partial charge >= 0.3 is 0 Å². The molecule has 5 nitrogen and oxygen atoms in total. The van der Waals surface area contributed by atoms with E-state index in [0.29, 0.717) is 18.7 Å². The number of hydrogen-bond acceptors (Lipinski definition) is 3. The minimum Gasteiger partial charge on any atom is -0.396 e.